The second-order valence-corrected chi connectivity index (χ2v) is 9.36. The number of ketones is 1. The molecule has 0 aromatic heterocycles. The van der Waals surface area contributed by atoms with Crippen LogP contribution in [0.5, 0.6) is 11.5 Å². The van der Waals surface area contributed by atoms with E-state index in [4.69, 9.17) is 14.2 Å². The second-order valence-electron chi connectivity index (χ2n) is 9.36. The van der Waals surface area contributed by atoms with Crippen LogP contribution in [-0.2, 0) is 4.74 Å². The van der Waals surface area contributed by atoms with Crippen molar-refractivity contribution in [1.29, 1.82) is 0 Å². The van der Waals surface area contributed by atoms with Gasteiger partial charge in [-0.15, -0.1) is 0 Å². The summed E-state index contributed by atoms with van der Waals surface area (Å²) in [6, 6.07) is 25.3. The lowest BCUT2D eigenvalue weighted by atomic mass is 9.98. The fourth-order valence-electron chi connectivity index (χ4n) is 4.17. The zero-order valence-corrected chi connectivity index (χ0v) is 22.6. The Balaban J connectivity index is 1.99. The summed E-state index contributed by atoms with van der Waals surface area (Å²) in [4.78, 5) is 14.0. The van der Waals surface area contributed by atoms with E-state index < -0.39 is 12.2 Å². The van der Waals surface area contributed by atoms with E-state index in [-0.39, 0.29) is 5.78 Å². The Morgan fingerprint density at radius 2 is 1.43 bits per heavy atom. The van der Waals surface area contributed by atoms with E-state index in [9.17, 15) is 4.79 Å². The van der Waals surface area contributed by atoms with E-state index in [0.29, 0.717) is 23.5 Å². The van der Waals surface area contributed by atoms with E-state index >= 15 is 0 Å². The van der Waals surface area contributed by atoms with Gasteiger partial charge in [-0.2, -0.15) is 0 Å². The highest BCUT2D eigenvalue weighted by molar-refractivity contribution is 6.02. The number of methoxy groups -OCH3 is 2. The standard InChI is InChI=1S/C33H38O4/c1-24(2)13-12-14-25(3)19-21-31(32(34)29-23-28(35-4)20-22-30(29)36-5)37-33(26-15-8-6-9-16-26)27-17-10-7-11-18-27/h6-11,13,15-20,22-23,31,33H,12,14,21H2,1-5H3/b25-19+/t31-/m1/s1. The van der Waals surface area contributed by atoms with Crippen molar-refractivity contribution in [2.24, 2.45) is 0 Å². The van der Waals surface area contributed by atoms with Gasteiger partial charge in [-0.1, -0.05) is 84.0 Å². The maximum atomic E-state index is 14.0. The summed E-state index contributed by atoms with van der Waals surface area (Å²) in [6.07, 6.45) is 5.62. The molecule has 3 aromatic carbocycles. The molecule has 0 saturated heterocycles. The van der Waals surface area contributed by atoms with Crippen LogP contribution in [-0.4, -0.2) is 26.1 Å². The summed E-state index contributed by atoms with van der Waals surface area (Å²) in [5, 5.41) is 0. The summed E-state index contributed by atoms with van der Waals surface area (Å²) in [7, 11) is 3.15. The van der Waals surface area contributed by atoms with Gasteiger partial charge in [0.1, 0.15) is 23.7 Å². The minimum atomic E-state index is -0.718. The van der Waals surface area contributed by atoms with Gasteiger partial charge in [-0.25, -0.2) is 0 Å². The molecule has 0 radical (unpaired) electrons. The Morgan fingerprint density at radius 3 is 1.97 bits per heavy atom. The van der Waals surface area contributed by atoms with Crippen LogP contribution in [0, 0.1) is 0 Å². The van der Waals surface area contributed by atoms with Crippen LogP contribution in [0.15, 0.2) is 102 Å². The average molecular weight is 499 g/mol. The number of carbonyl (C=O) groups excluding carboxylic acids is 1. The van der Waals surface area contributed by atoms with E-state index in [1.165, 1.54) is 11.1 Å². The molecule has 1 atom stereocenters. The van der Waals surface area contributed by atoms with Gasteiger partial charge in [0, 0.05) is 0 Å². The number of allylic oxidation sites excluding steroid dienone is 3. The van der Waals surface area contributed by atoms with Gasteiger partial charge in [0.2, 0.25) is 0 Å². The molecule has 0 aliphatic rings. The Hall–Kier alpha value is -3.63. The number of rotatable bonds is 13. The summed E-state index contributed by atoms with van der Waals surface area (Å²) in [6.45, 7) is 6.32. The van der Waals surface area contributed by atoms with Crippen molar-refractivity contribution in [1.82, 2.24) is 0 Å². The van der Waals surface area contributed by atoms with Crippen molar-refractivity contribution in [2.75, 3.05) is 14.2 Å². The molecule has 3 aromatic rings. The average Bonchev–Trinajstić information content (AvgIpc) is 2.93. The largest absolute Gasteiger partial charge is 0.497 e. The van der Waals surface area contributed by atoms with Gasteiger partial charge in [-0.3, -0.25) is 4.79 Å². The maximum absolute atomic E-state index is 14.0. The Morgan fingerprint density at radius 1 is 0.811 bits per heavy atom. The third-order valence-corrected chi connectivity index (χ3v) is 6.24. The molecule has 194 valence electrons. The molecule has 0 saturated carbocycles. The Labute approximate surface area is 221 Å². The zero-order chi connectivity index (χ0) is 26.6. The van der Waals surface area contributed by atoms with Crippen LogP contribution < -0.4 is 9.47 Å². The molecular formula is C33H38O4. The highest BCUT2D eigenvalue weighted by Gasteiger charge is 2.28. The van der Waals surface area contributed by atoms with Gasteiger partial charge in [0.25, 0.3) is 0 Å². The van der Waals surface area contributed by atoms with Crippen LogP contribution in [0.2, 0.25) is 0 Å². The lowest BCUT2D eigenvalue weighted by Crippen LogP contribution is -2.27. The highest BCUT2D eigenvalue weighted by atomic mass is 16.5. The van der Waals surface area contributed by atoms with E-state index in [1.54, 1.807) is 32.4 Å². The van der Waals surface area contributed by atoms with Crippen molar-refractivity contribution in [3.63, 3.8) is 0 Å². The van der Waals surface area contributed by atoms with Crippen LogP contribution >= 0.6 is 0 Å². The molecule has 0 fully saturated rings. The molecule has 0 N–H and O–H groups in total. The van der Waals surface area contributed by atoms with Crippen molar-refractivity contribution in [3.05, 3.63) is 119 Å². The molecule has 0 amide bonds. The Kier molecular flexibility index (Phi) is 10.7. The summed E-state index contributed by atoms with van der Waals surface area (Å²) < 4.78 is 17.6. The first-order chi connectivity index (χ1) is 17.9. The van der Waals surface area contributed by atoms with Crippen LogP contribution in [0.1, 0.15) is 67.6 Å². The molecule has 0 aliphatic carbocycles. The number of ether oxygens (including phenoxy) is 3. The third-order valence-electron chi connectivity index (χ3n) is 6.24. The minimum absolute atomic E-state index is 0.138. The molecule has 3 rings (SSSR count). The quantitative estimate of drug-likeness (QED) is 0.176. The number of carbonyl (C=O) groups is 1. The second kappa shape index (κ2) is 14.2. The van der Waals surface area contributed by atoms with Crippen molar-refractivity contribution in [3.8, 4) is 11.5 Å². The van der Waals surface area contributed by atoms with Gasteiger partial charge >= 0.3 is 0 Å². The van der Waals surface area contributed by atoms with Crippen molar-refractivity contribution < 1.29 is 19.0 Å². The predicted octanol–water partition coefficient (Wildman–Crippen LogP) is 8.14. The van der Waals surface area contributed by atoms with E-state index in [2.05, 4.69) is 32.9 Å². The summed E-state index contributed by atoms with van der Waals surface area (Å²) in [5.41, 5.74) is 4.97. The van der Waals surface area contributed by atoms with Gasteiger partial charge < -0.3 is 14.2 Å². The lowest BCUT2D eigenvalue weighted by Gasteiger charge is -2.25. The predicted molar refractivity (Wildman–Crippen MR) is 151 cm³/mol. The smallest absolute Gasteiger partial charge is 0.195 e. The fourth-order valence-corrected chi connectivity index (χ4v) is 4.17. The normalized spacial score (nSPS) is 12.2. The van der Waals surface area contributed by atoms with E-state index in [0.717, 1.165) is 24.0 Å². The first kappa shape index (κ1) is 27.9. The number of hydrogen-bond donors (Lipinski definition) is 0. The molecule has 37 heavy (non-hydrogen) atoms. The minimum Gasteiger partial charge on any atom is -0.497 e. The van der Waals surface area contributed by atoms with Gasteiger partial charge in [-0.05, 0) is 69.4 Å². The lowest BCUT2D eigenvalue weighted by molar-refractivity contribution is 0.0137. The first-order valence-corrected chi connectivity index (χ1v) is 12.7. The topological polar surface area (TPSA) is 44.8 Å². The van der Waals surface area contributed by atoms with E-state index in [1.807, 2.05) is 60.7 Å². The molecular weight excluding hydrogens is 460 g/mol. The van der Waals surface area contributed by atoms with Crippen LogP contribution in [0.25, 0.3) is 0 Å². The fraction of sp³-hybridized carbons (Fsp3) is 0.303. The van der Waals surface area contributed by atoms with Crippen molar-refractivity contribution >= 4 is 5.78 Å². The van der Waals surface area contributed by atoms with Crippen LogP contribution in [0.3, 0.4) is 0 Å². The summed E-state index contributed by atoms with van der Waals surface area (Å²) in [5.74, 6) is 0.958. The molecule has 4 nitrogen and oxygen atoms in total. The van der Waals surface area contributed by atoms with Gasteiger partial charge in [0.15, 0.2) is 5.78 Å². The molecule has 0 heterocycles. The van der Waals surface area contributed by atoms with Crippen molar-refractivity contribution in [2.45, 2.75) is 52.2 Å². The van der Waals surface area contributed by atoms with Crippen LogP contribution in [0.4, 0.5) is 0 Å². The molecule has 0 aliphatic heterocycles. The highest BCUT2D eigenvalue weighted by Crippen LogP contribution is 2.32. The number of Topliss-reactive ketones (excluding diaryl/α,β-unsaturated/α-hetero) is 1. The molecule has 0 spiro atoms. The molecule has 0 unspecified atom stereocenters. The monoisotopic (exact) mass is 498 g/mol. The summed E-state index contributed by atoms with van der Waals surface area (Å²) >= 11 is 0. The first-order valence-electron chi connectivity index (χ1n) is 12.7. The maximum Gasteiger partial charge on any atom is 0.195 e. The Bertz CT molecular complexity index is 1150. The number of benzene rings is 3. The number of hydrogen-bond acceptors (Lipinski definition) is 4. The SMILES string of the molecule is COc1ccc(OC)c(C(=O)[C@@H](C/C=C(\C)CCC=C(C)C)OC(c2ccccc2)c2ccccc2)c1. The zero-order valence-electron chi connectivity index (χ0n) is 22.6. The third kappa shape index (κ3) is 8.19. The molecule has 0 bridgehead atoms. The molecule has 4 heteroatoms. The van der Waals surface area contributed by atoms with Gasteiger partial charge in [0.05, 0.1) is 19.8 Å².